The van der Waals surface area contributed by atoms with Gasteiger partial charge in [-0.1, -0.05) is 6.92 Å². The minimum atomic E-state index is 0.264. The van der Waals surface area contributed by atoms with Gasteiger partial charge >= 0.3 is 0 Å². The molecule has 98 valence electrons. The first kappa shape index (κ1) is 12.9. The normalized spacial score (nSPS) is 29.1. The summed E-state index contributed by atoms with van der Waals surface area (Å²) in [6, 6.07) is 0.335. The highest BCUT2D eigenvalue weighted by atomic mass is 16.2. The molecular formula is C14H26N2O. The molecule has 2 N–H and O–H groups in total. The molecule has 0 radical (unpaired) electrons. The molecule has 2 rings (SSSR count). The van der Waals surface area contributed by atoms with Crippen LogP contribution in [0.4, 0.5) is 0 Å². The van der Waals surface area contributed by atoms with Crippen LogP contribution in [-0.4, -0.2) is 29.9 Å². The quantitative estimate of drug-likeness (QED) is 0.797. The van der Waals surface area contributed by atoms with Crippen molar-refractivity contribution in [3.63, 3.8) is 0 Å². The van der Waals surface area contributed by atoms with Crippen LogP contribution in [0, 0.1) is 11.8 Å². The van der Waals surface area contributed by atoms with E-state index in [9.17, 15) is 4.79 Å². The molecule has 2 aliphatic rings. The second-order valence-electron chi connectivity index (χ2n) is 5.84. The molecule has 0 unspecified atom stereocenters. The molecule has 0 aromatic rings. The molecule has 3 nitrogen and oxygen atoms in total. The van der Waals surface area contributed by atoms with Crippen molar-refractivity contribution in [3.05, 3.63) is 0 Å². The molecule has 17 heavy (non-hydrogen) atoms. The Morgan fingerprint density at radius 3 is 2.35 bits per heavy atom. The number of carbonyl (C=O) groups is 1. The Labute approximate surface area is 105 Å². The van der Waals surface area contributed by atoms with Gasteiger partial charge in [0.15, 0.2) is 0 Å². The standard InChI is InChI=1S/C14H26N2O/c1-2-9-16(10-11-3-4-11)14(17)12-5-7-13(15)8-6-12/h11-13H,2-10,15H2,1H3. The van der Waals surface area contributed by atoms with Crippen molar-refractivity contribution in [2.45, 2.75) is 57.9 Å². The van der Waals surface area contributed by atoms with Crippen molar-refractivity contribution in [2.75, 3.05) is 13.1 Å². The maximum Gasteiger partial charge on any atom is 0.225 e. The van der Waals surface area contributed by atoms with E-state index in [1.54, 1.807) is 0 Å². The van der Waals surface area contributed by atoms with Crippen molar-refractivity contribution < 1.29 is 4.79 Å². The summed E-state index contributed by atoms with van der Waals surface area (Å²) in [5.74, 6) is 1.47. The summed E-state index contributed by atoms with van der Waals surface area (Å²) in [4.78, 5) is 14.6. The van der Waals surface area contributed by atoms with Crippen LogP contribution in [0.25, 0.3) is 0 Å². The third-order valence-corrected chi connectivity index (χ3v) is 4.10. The van der Waals surface area contributed by atoms with Gasteiger partial charge < -0.3 is 10.6 Å². The number of amides is 1. The largest absolute Gasteiger partial charge is 0.342 e. The molecule has 3 heteroatoms. The monoisotopic (exact) mass is 238 g/mol. The number of nitrogens with zero attached hydrogens (tertiary/aromatic N) is 1. The van der Waals surface area contributed by atoms with Gasteiger partial charge in [0.1, 0.15) is 0 Å². The topological polar surface area (TPSA) is 46.3 Å². The summed E-state index contributed by atoms with van der Waals surface area (Å²) in [7, 11) is 0. The van der Waals surface area contributed by atoms with E-state index in [0.717, 1.165) is 51.1 Å². The van der Waals surface area contributed by atoms with E-state index in [2.05, 4.69) is 11.8 Å². The van der Waals surface area contributed by atoms with E-state index in [-0.39, 0.29) is 5.92 Å². The summed E-state index contributed by atoms with van der Waals surface area (Å²) >= 11 is 0. The van der Waals surface area contributed by atoms with Gasteiger partial charge in [0, 0.05) is 25.0 Å². The molecule has 1 amide bonds. The maximum absolute atomic E-state index is 12.4. The molecule has 0 aromatic heterocycles. The first-order valence-electron chi connectivity index (χ1n) is 7.25. The van der Waals surface area contributed by atoms with Crippen LogP contribution in [-0.2, 0) is 4.79 Å². The Hall–Kier alpha value is -0.570. The van der Waals surface area contributed by atoms with Crippen LogP contribution in [0.2, 0.25) is 0 Å². The predicted octanol–water partition coefficient (Wildman–Crippen LogP) is 2.15. The first-order valence-corrected chi connectivity index (χ1v) is 7.25. The molecule has 0 atom stereocenters. The highest BCUT2D eigenvalue weighted by Crippen LogP contribution is 2.31. The minimum Gasteiger partial charge on any atom is -0.342 e. The number of carbonyl (C=O) groups excluding carboxylic acids is 1. The van der Waals surface area contributed by atoms with Crippen LogP contribution in [0.5, 0.6) is 0 Å². The molecule has 0 aliphatic heterocycles. The third kappa shape index (κ3) is 3.70. The van der Waals surface area contributed by atoms with Crippen LogP contribution < -0.4 is 5.73 Å². The lowest BCUT2D eigenvalue weighted by Gasteiger charge is -2.31. The average molecular weight is 238 g/mol. The Morgan fingerprint density at radius 2 is 1.82 bits per heavy atom. The van der Waals surface area contributed by atoms with Crippen LogP contribution in [0.3, 0.4) is 0 Å². The zero-order chi connectivity index (χ0) is 12.3. The van der Waals surface area contributed by atoms with Crippen molar-refractivity contribution >= 4 is 5.91 Å². The molecule has 0 saturated heterocycles. The summed E-state index contributed by atoms with van der Waals surface area (Å²) in [5.41, 5.74) is 5.90. The van der Waals surface area contributed by atoms with Crippen LogP contribution in [0.1, 0.15) is 51.9 Å². The summed E-state index contributed by atoms with van der Waals surface area (Å²) in [6.07, 6.45) is 7.78. The molecule has 0 bridgehead atoms. The zero-order valence-electron chi connectivity index (χ0n) is 11.0. The van der Waals surface area contributed by atoms with Crippen LogP contribution in [0.15, 0.2) is 0 Å². The summed E-state index contributed by atoms with van der Waals surface area (Å²) < 4.78 is 0. The van der Waals surface area contributed by atoms with Gasteiger partial charge in [0.25, 0.3) is 0 Å². The van der Waals surface area contributed by atoms with E-state index in [1.807, 2.05) is 0 Å². The van der Waals surface area contributed by atoms with E-state index in [4.69, 9.17) is 5.73 Å². The predicted molar refractivity (Wildman–Crippen MR) is 69.5 cm³/mol. The highest BCUT2D eigenvalue weighted by Gasteiger charge is 2.31. The second-order valence-corrected chi connectivity index (χ2v) is 5.84. The Bertz CT molecular complexity index is 255. The SMILES string of the molecule is CCCN(CC1CC1)C(=O)C1CCC(N)CC1. The number of hydrogen-bond donors (Lipinski definition) is 1. The number of rotatable bonds is 5. The summed E-state index contributed by atoms with van der Waals surface area (Å²) in [6.45, 7) is 4.11. The van der Waals surface area contributed by atoms with Gasteiger partial charge in [-0.2, -0.15) is 0 Å². The molecule has 0 aromatic carbocycles. The van der Waals surface area contributed by atoms with Gasteiger partial charge in [-0.25, -0.2) is 0 Å². The minimum absolute atomic E-state index is 0.264. The average Bonchev–Trinajstić information content (AvgIpc) is 3.13. The van der Waals surface area contributed by atoms with Crippen molar-refractivity contribution in [1.29, 1.82) is 0 Å². The fourth-order valence-corrected chi connectivity index (χ4v) is 2.80. The maximum atomic E-state index is 12.4. The molecule has 2 fully saturated rings. The van der Waals surface area contributed by atoms with E-state index < -0.39 is 0 Å². The lowest BCUT2D eigenvalue weighted by atomic mass is 9.85. The van der Waals surface area contributed by atoms with Gasteiger partial charge in [-0.3, -0.25) is 4.79 Å². The Kier molecular flexibility index (Phi) is 4.43. The Morgan fingerprint density at radius 1 is 1.18 bits per heavy atom. The fourth-order valence-electron chi connectivity index (χ4n) is 2.80. The fraction of sp³-hybridized carbons (Fsp3) is 0.929. The smallest absolute Gasteiger partial charge is 0.225 e. The van der Waals surface area contributed by atoms with Gasteiger partial charge in [-0.05, 0) is 50.9 Å². The highest BCUT2D eigenvalue weighted by molar-refractivity contribution is 5.79. The van der Waals surface area contributed by atoms with Crippen molar-refractivity contribution in [1.82, 2.24) is 4.90 Å². The lowest BCUT2D eigenvalue weighted by Crippen LogP contribution is -2.40. The van der Waals surface area contributed by atoms with Gasteiger partial charge in [0.2, 0.25) is 5.91 Å². The van der Waals surface area contributed by atoms with Crippen molar-refractivity contribution in [2.24, 2.45) is 17.6 Å². The number of nitrogens with two attached hydrogens (primary N) is 1. The Balaban J connectivity index is 1.85. The lowest BCUT2D eigenvalue weighted by molar-refractivity contribution is -0.137. The number of hydrogen-bond acceptors (Lipinski definition) is 2. The van der Waals surface area contributed by atoms with E-state index >= 15 is 0 Å². The first-order chi connectivity index (χ1) is 8.20. The zero-order valence-corrected chi connectivity index (χ0v) is 11.0. The van der Waals surface area contributed by atoms with Gasteiger partial charge in [0.05, 0.1) is 0 Å². The molecule has 2 aliphatic carbocycles. The second kappa shape index (κ2) is 5.85. The van der Waals surface area contributed by atoms with Gasteiger partial charge in [-0.15, -0.1) is 0 Å². The molecule has 0 spiro atoms. The molecule has 2 saturated carbocycles. The van der Waals surface area contributed by atoms with E-state index in [0.29, 0.717) is 11.9 Å². The molecule has 0 heterocycles. The third-order valence-electron chi connectivity index (χ3n) is 4.10. The van der Waals surface area contributed by atoms with Crippen molar-refractivity contribution in [3.8, 4) is 0 Å². The summed E-state index contributed by atoms with van der Waals surface area (Å²) in [5, 5.41) is 0. The van der Waals surface area contributed by atoms with E-state index in [1.165, 1.54) is 12.8 Å². The molecular weight excluding hydrogens is 212 g/mol. The van der Waals surface area contributed by atoms with Crippen LogP contribution >= 0.6 is 0 Å².